The van der Waals surface area contributed by atoms with Gasteiger partial charge in [0.1, 0.15) is 0 Å². The number of amides is 1. The summed E-state index contributed by atoms with van der Waals surface area (Å²) < 4.78 is 0.169. The molecule has 0 bridgehead atoms. The normalized spacial score (nSPS) is 21.6. The summed E-state index contributed by atoms with van der Waals surface area (Å²) in [6.07, 6.45) is 3.42. The molecule has 1 saturated heterocycles. The van der Waals surface area contributed by atoms with Gasteiger partial charge in [-0.1, -0.05) is 20.8 Å². The highest BCUT2D eigenvalue weighted by Crippen LogP contribution is 2.25. The molecule has 0 aliphatic carbocycles. The third-order valence-corrected chi connectivity index (χ3v) is 4.33. The van der Waals surface area contributed by atoms with E-state index < -0.39 is 0 Å². The summed E-state index contributed by atoms with van der Waals surface area (Å²) in [5.74, 6) is 1.53. The van der Waals surface area contributed by atoms with Gasteiger partial charge in [0.2, 0.25) is 5.91 Å². The quantitative estimate of drug-likeness (QED) is 0.840. The number of carbonyl (C=O) groups is 1. The monoisotopic (exact) mass is 258 g/mol. The Balaban J connectivity index is 2.36. The zero-order valence-electron chi connectivity index (χ0n) is 11.4. The van der Waals surface area contributed by atoms with Crippen molar-refractivity contribution in [3.8, 4) is 0 Å². The molecule has 0 aromatic rings. The number of thioether (sulfide) groups is 1. The Morgan fingerprint density at radius 1 is 1.47 bits per heavy atom. The van der Waals surface area contributed by atoms with Crippen molar-refractivity contribution in [2.45, 2.75) is 44.8 Å². The molecule has 1 atom stereocenters. The van der Waals surface area contributed by atoms with Crippen LogP contribution in [0.5, 0.6) is 0 Å². The molecule has 0 aromatic carbocycles. The molecule has 0 radical (unpaired) electrons. The van der Waals surface area contributed by atoms with Gasteiger partial charge in [-0.2, -0.15) is 0 Å². The fourth-order valence-electron chi connectivity index (χ4n) is 2.13. The van der Waals surface area contributed by atoms with Crippen molar-refractivity contribution in [3.05, 3.63) is 0 Å². The second-order valence-corrected chi connectivity index (χ2v) is 7.63. The molecule has 17 heavy (non-hydrogen) atoms. The van der Waals surface area contributed by atoms with Gasteiger partial charge >= 0.3 is 0 Å². The van der Waals surface area contributed by atoms with Gasteiger partial charge in [0.05, 0.1) is 5.75 Å². The van der Waals surface area contributed by atoms with E-state index in [0.717, 1.165) is 32.5 Å². The highest BCUT2D eigenvalue weighted by Gasteiger charge is 2.24. The van der Waals surface area contributed by atoms with E-state index >= 15 is 0 Å². The number of nitrogens with two attached hydrogens (primary N) is 1. The fraction of sp³-hybridized carbons (Fsp3) is 0.923. The zero-order valence-corrected chi connectivity index (χ0v) is 12.2. The number of likely N-dealkylation sites (tertiary alicyclic amines) is 1. The minimum atomic E-state index is 0.169. The molecule has 4 heteroatoms. The lowest BCUT2D eigenvalue weighted by Crippen LogP contribution is -2.41. The van der Waals surface area contributed by atoms with Crippen LogP contribution in [-0.2, 0) is 4.79 Å². The second-order valence-electron chi connectivity index (χ2n) is 5.83. The Morgan fingerprint density at radius 3 is 2.76 bits per heavy atom. The van der Waals surface area contributed by atoms with E-state index in [9.17, 15) is 4.79 Å². The first-order valence-corrected chi connectivity index (χ1v) is 7.53. The van der Waals surface area contributed by atoms with Crippen molar-refractivity contribution in [1.82, 2.24) is 4.90 Å². The molecule has 1 aliphatic heterocycles. The van der Waals surface area contributed by atoms with Gasteiger partial charge in [0.15, 0.2) is 0 Å². The Kier molecular flexibility index (Phi) is 5.80. The van der Waals surface area contributed by atoms with Gasteiger partial charge < -0.3 is 10.6 Å². The molecule has 0 aromatic heterocycles. The van der Waals surface area contributed by atoms with Crippen LogP contribution in [0, 0.1) is 5.92 Å². The Labute approximate surface area is 109 Å². The van der Waals surface area contributed by atoms with E-state index in [2.05, 4.69) is 20.8 Å². The van der Waals surface area contributed by atoms with Crippen LogP contribution in [0.1, 0.15) is 40.0 Å². The Morgan fingerprint density at radius 2 is 2.18 bits per heavy atom. The van der Waals surface area contributed by atoms with Crippen LogP contribution < -0.4 is 5.73 Å². The first kappa shape index (κ1) is 14.8. The predicted molar refractivity (Wildman–Crippen MR) is 75.2 cm³/mol. The maximum Gasteiger partial charge on any atom is 0.232 e. The summed E-state index contributed by atoms with van der Waals surface area (Å²) in [5.41, 5.74) is 5.59. The van der Waals surface area contributed by atoms with E-state index in [4.69, 9.17) is 5.73 Å². The van der Waals surface area contributed by atoms with Crippen molar-refractivity contribution in [2.75, 3.05) is 25.4 Å². The van der Waals surface area contributed by atoms with Gasteiger partial charge in [-0.15, -0.1) is 11.8 Å². The van der Waals surface area contributed by atoms with Crippen LogP contribution in [0.25, 0.3) is 0 Å². The maximum absolute atomic E-state index is 12.1. The molecule has 1 heterocycles. The molecule has 1 rings (SSSR count). The Hall–Kier alpha value is -0.220. The predicted octanol–water partition coefficient (Wildman–Crippen LogP) is 2.11. The fourth-order valence-corrected chi connectivity index (χ4v) is 2.87. The van der Waals surface area contributed by atoms with E-state index in [1.807, 2.05) is 4.90 Å². The molecule has 1 aliphatic rings. The first-order valence-electron chi connectivity index (χ1n) is 6.54. The third-order valence-electron chi connectivity index (χ3n) is 3.08. The highest BCUT2D eigenvalue weighted by atomic mass is 32.2. The van der Waals surface area contributed by atoms with Crippen LogP contribution in [0.4, 0.5) is 0 Å². The summed E-state index contributed by atoms with van der Waals surface area (Å²) >= 11 is 1.73. The van der Waals surface area contributed by atoms with Crippen molar-refractivity contribution in [3.63, 3.8) is 0 Å². The van der Waals surface area contributed by atoms with Crippen molar-refractivity contribution >= 4 is 17.7 Å². The average Bonchev–Trinajstić information content (AvgIpc) is 2.26. The van der Waals surface area contributed by atoms with Crippen LogP contribution in [0.15, 0.2) is 0 Å². The molecule has 100 valence electrons. The number of carbonyl (C=O) groups excluding carboxylic acids is 1. The lowest BCUT2D eigenvalue weighted by molar-refractivity contribution is -0.130. The largest absolute Gasteiger partial charge is 0.342 e. The summed E-state index contributed by atoms with van der Waals surface area (Å²) in [6, 6.07) is 0. The van der Waals surface area contributed by atoms with Gasteiger partial charge in [0.25, 0.3) is 0 Å². The van der Waals surface area contributed by atoms with Gasteiger partial charge in [-0.3, -0.25) is 4.79 Å². The van der Waals surface area contributed by atoms with E-state index in [1.54, 1.807) is 11.8 Å². The number of hydrogen-bond donors (Lipinski definition) is 1. The number of nitrogens with zero attached hydrogens (tertiary/aromatic N) is 1. The van der Waals surface area contributed by atoms with Gasteiger partial charge in [0, 0.05) is 17.8 Å². The topological polar surface area (TPSA) is 46.3 Å². The standard InChI is InChI=1S/C13H26N2OS/c1-13(2,3)17-10-12(16)15-8-4-5-11(9-15)6-7-14/h11H,4-10,14H2,1-3H3. The summed E-state index contributed by atoms with van der Waals surface area (Å²) in [7, 11) is 0. The van der Waals surface area contributed by atoms with Crippen molar-refractivity contribution < 1.29 is 4.79 Å². The molecule has 3 nitrogen and oxygen atoms in total. The SMILES string of the molecule is CC(C)(C)SCC(=O)N1CCCC(CCN)C1. The average molecular weight is 258 g/mol. The van der Waals surface area contributed by atoms with Crippen molar-refractivity contribution in [2.24, 2.45) is 11.7 Å². The van der Waals surface area contributed by atoms with E-state index in [0.29, 0.717) is 17.6 Å². The van der Waals surface area contributed by atoms with Crippen LogP contribution in [-0.4, -0.2) is 40.9 Å². The molecule has 0 saturated carbocycles. The molecule has 1 amide bonds. The smallest absolute Gasteiger partial charge is 0.232 e. The molecular formula is C13H26N2OS. The van der Waals surface area contributed by atoms with Gasteiger partial charge in [-0.05, 0) is 31.7 Å². The Bertz CT molecular complexity index is 248. The third kappa shape index (κ3) is 5.77. The minimum Gasteiger partial charge on any atom is -0.342 e. The summed E-state index contributed by atoms with van der Waals surface area (Å²) in [4.78, 5) is 14.1. The van der Waals surface area contributed by atoms with E-state index in [-0.39, 0.29) is 4.75 Å². The molecular weight excluding hydrogens is 232 g/mol. The number of rotatable bonds is 4. The lowest BCUT2D eigenvalue weighted by Gasteiger charge is -2.33. The molecule has 1 unspecified atom stereocenters. The van der Waals surface area contributed by atoms with Crippen LogP contribution >= 0.6 is 11.8 Å². The summed E-state index contributed by atoms with van der Waals surface area (Å²) in [6.45, 7) is 9.05. The molecule has 1 fully saturated rings. The number of piperidine rings is 1. The first-order chi connectivity index (χ1) is 7.92. The summed E-state index contributed by atoms with van der Waals surface area (Å²) in [5, 5.41) is 0. The highest BCUT2D eigenvalue weighted by molar-refractivity contribution is 8.01. The zero-order chi connectivity index (χ0) is 12.9. The number of hydrogen-bond acceptors (Lipinski definition) is 3. The minimum absolute atomic E-state index is 0.169. The van der Waals surface area contributed by atoms with E-state index in [1.165, 1.54) is 6.42 Å². The second kappa shape index (κ2) is 6.64. The van der Waals surface area contributed by atoms with Crippen molar-refractivity contribution in [1.29, 1.82) is 0 Å². The van der Waals surface area contributed by atoms with Crippen LogP contribution in [0.2, 0.25) is 0 Å². The lowest BCUT2D eigenvalue weighted by atomic mass is 9.95. The van der Waals surface area contributed by atoms with Gasteiger partial charge in [-0.25, -0.2) is 0 Å². The van der Waals surface area contributed by atoms with Crippen LogP contribution in [0.3, 0.4) is 0 Å². The molecule has 0 spiro atoms. The molecule has 2 N–H and O–H groups in total. The maximum atomic E-state index is 12.1.